The molecule has 0 aliphatic heterocycles. The predicted molar refractivity (Wildman–Crippen MR) is 50.4 cm³/mol. The number of hydrogen-bond donors (Lipinski definition) is 3. The van der Waals surface area contributed by atoms with Gasteiger partial charge in [-0.15, -0.1) is 0 Å². The van der Waals surface area contributed by atoms with Crippen molar-refractivity contribution in [3.8, 4) is 0 Å². The van der Waals surface area contributed by atoms with Gasteiger partial charge in [0.05, 0.1) is 11.6 Å². The van der Waals surface area contributed by atoms with E-state index in [4.69, 9.17) is 5.21 Å². The van der Waals surface area contributed by atoms with Crippen molar-refractivity contribution >= 4 is 0 Å². The second-order valence-electron chi connectivity index (χ2n) is 3.65. The molecule has 3 nitrogen and oxygen atoms in total. The average molecular weight is 181 g/mol. The molecule has 1 unspecified atom stereocenters. The summed E-state index contributed by atoms with van der Waals surface area (Å²) < 4.78 is 0. The lowest BCUT2D eigenvalue weighted by Gasteiger charge is -2.28. The van der Waals surface area contributed by atoms with Gasteiger partial charge in [-0.05, 0) is 19.4 Å². The molecule has 0 bridgehead atoms. The highest BCUT2D eigenvalue weighted by atomic mass is 16.5. The van der Waals surface area contributed by atoms with Gasteiger partial charge < -0.3 is 10.3 Å². The van der Waals surface area contributed by atoms with E-state index in [1.54, 1.807) is 13.8 Å². The van der Waals surface area contributed by atoms with E-state index < -0.39 is 11.6 Å². The van der Waals surface area contributed by atoms with Crippen LogP contribution in [0, 0.1) is 0 Å². The van der Waals surface area contributed by atoms with Crippen LogP contribution in [0.15, 0.2) is 30.3 Å². The Balaban J connectivity index is 2.85. The smallest absolute Gasteiger partial charge is 0.0988 e. The molecule has 1 rings (SSSR count). The van der Waals surface area contributed by atoms with Crippen molar-refractivity contribution < 1.29 is 10.3 Å². The summed E-state index contributed by atoms with van der Waals surface area (Å²) in [6.07, 6.45) is -0.723. The SMILES string of the molecule is CC(C)(NO)C(O)c1ccccc1. The second kappa shape index (κ2) is 3.87. The Kier molecular flexibility index (Phi) is 3.03. The van der Waals surface area contributed by atoms with Crippen molar-refractivity contribution in [3.05, 3.63) is 35.9 Å². The van der Waals surface area contributed by atoms with E-state index in [1.165, 1.54) is 0 Å². The number of hydroxylamine groups is 1. The zero-order valence-corrected chi connectivity index (χ0v) is 7.86. The second-order valence-corrected chi connectivity index (χ2v) is 3.65. The van der Waals surface area contributed by atoms with Crippen LogP contribution in [-0.2, 0) is 0 Å². The topological polar surface area (TPSA) is 52.5 Å². The molecule has 1 atom stereocenters. The quantitative estimate of drug-likeness (QED) is 0.619. The monoisotopic (exact) mass is 181 g/mol. The van der Waals surface area contributed by atoms with Crippen LogP contribution in [0.3, 0.4) is 0 Å². The van der Waals surface area contributed by atoms with E-state index in [2.05, 4.69) is 5.48 Å². The van der Waals surface area contributed by atoms with E-state index in [-0.39, 0.29) is 0 Å². The van der Waals surface area contributed by atoms with Gasteiger partial charge in [-0.2, -0.15) is 5.48 Å². The van der Waals surface area contributed by atoms with E-state index in [1.807, 2.05) is 30.3 Å². The highest BCUT2D eigenvalue weighted by Gasteiger charge is 2.27. The van der Waals surface area contributed by atoms with Crippen LogP contribution in [0.25, 0.3) is 0 Å². The van der Waals surface area contributed by atoms with Crippen LogP contribution in [-0.4, -0.2) is 15.9 Å². The Bertz CT molecular complexity index is 259. The standard InChI is InChI=1S/C10H15NO2/c1-10(2,11-13)9(12)8-6-4-3-5-7-8/h3-7,9,11-13H,1-2H3. The molecule has 0 radical (unpaired) electrons. The van der Waals surface area contributed by atoms with Crippen molar-refractivity contribution in [1.29, 1.82) is 0 Å². The molecule has 0 spiro atoms. The van der Waals surface area contributed by atoms with Crippen LogP contribution in [0.2, 0.25) is 0 Å². The van der Waals surface area contributed by atoms with Gasteiger partial charge in [0.2, 0.25) is 0 Å². The first-order valence-electron chi connectivity index (χ1n) is 4.22. The lowest BCUT2D eigenvalue weighted by Crippen LogP contribution is -2.42. The molecule has 72 valence electrons. The van der Waals surface area contributed by atoms with Crippen LogP contribution < -0.4 is 5.48 Å². The fourth-order valence-corrected chi connectivity index (χ4v) is 1.11. The summed E-state index contributed by atoms with van der Waals surface area (Å²) >= 11 is 0. The maximum Gasteiger partial charge on any atom is 0.0988 e. The normalized spacial score (nSPS) is 14.2. The molecule has 0 aromatic heterocycles. The third-order valence-corrected chi connectivity index (χ3v) is 2.09. The molecule has 0 fully saturated rings. The minimum absolute atomic E-state index is 0.723. The van der Waals surface area contributed by atoms with E-state index >= 15 is 0 Å². The Labute approximate surface area is 78.0 Å². The van der Waals surface area contributed by atoms with Crippen LogP contribution in [0.4, 0.5) is 0 Å². The van der Waals surface area contributed by atoms with Crippen molar-refractivity contribution in [3.63, 3.8) is 0 Å². The summed E-state index contributed by atoms with van der Waals surface area (Å²) in [5, 5.41) is 18.6. The maximum atomic E-state index is 9.83. The first-order valence-corrected chi connectivity index (χ1v) is 4.22. The van der Waals surface area contributed by atoms with Crippen molar-refractivity contribution in [2.75, 3.05) is 0 Å². The lowest BCUT2D eigenvalue weighted by atomic mass is 9.92. The average Bonchev–Trinajstić information content (AvgIpc) is 2.18. The molecule has 3 N–H and O–H groups in total. The van der Waals surface area contributed by atoms with Gasteiger partial charge in [-0.25, -0.2) is 0 Å². The maximum absolute atomic E-state index is 9.83. The van der Waals surface area contributed by atoms with Crippen LogP contribution in [0.1, 0.15) is 25.5 Å². The minimum atomic E-state index is -0.735. The first kappa shape index (κ1) is 10.2. The van der Waals surface area contributed by atoms with E-state index in [0.29, 0.717) is 0 Å². The minimum Gasteiger partial charge on any atom is -0.386 e. The predicted octanol–water partition coefficient (Wildman–Crippen LogP) is 1.48. The Morgan fingerprint density at radius 3 is 2.23 bits per heavy atom. The summed E-state index contributed by atoms with van der Waals surface area (Å²) in [5.41, 5.74) is 2.14. The van der Waals surface area contributed by atoms with Crippen LogP contribution >= 0.6 is 0 Å². The molecule has 0 amide bonds. The third-order valence-electron chi connectivity index (χ3n) is 2.09. The largest absolute Gasteiger partial charge is 0.386 e. The summed E-state index contributed by atoms with van der Waals surface area (Å²) in [5.74, 6) is 0. The summed E-state index contributed by atoms with van der Waals surface area (Å²) in [6, 6.07) is 9.24. The van der Waals surface area contributed by atoms with Gasteiger partial charge in [0.15, 0.2) is 0 Å². The summed E-state index contributed by atoms with van der Waals surface area (Å²) in [6.45, 7) is 3.45. The lowest BCUT2D eigenvalue weighted by molar-refractivity contribution is -0.0102. The van der Waals surface area contributed by atoms with Gasteiger partial charge in [0.1, 0.15) is 0 Å². The van der Waals surface area contributed by atoms with E-state index in [9.17, 15) is 5.11 Å². The molecular weight excluding hydrogens is 166 g/mol. The Morgan fingerprint density at radius 1 is 1.23 bits per heavy atom. The van der Waals surface area contributed by atoms with Gasteiger partial charge in [0.25, 0.3) is 0 Å². The molecule has 1 aromatic rings. The number of benzene rings is 1. The highest BCUT2D eigenvalue weighted by molar-refractivity contribution is 5.20. The number of aliphatic hydroxyl groups is 1. The zero-order valence-electron chi connectivity index (χ0n) is 7.86. The molecule has 1 aromatic carbocycles. The third kappa shape index (κ3) is 2.28. The molecule has 0 heterocycles. The van der Waals surface area contributed by atoms with Crippen LogP contribution in [0.5, 0.6) is 0 Å². The molecule has 0 aliphatic carbocycles. The van der Waals surface area contributed by atoms with E-state index in [0.717, 1.165) is 5.56 Å². The van der Waals surface area contributed by atoms with Crippen molar-refractivity contribution in [2.24, 2.45) is 0 Å². The Morgan fingerprint density at radius 2 is 1.77 bits per heavy atom. The molecule has 0 saturated carbocycles. The highest BCUT2D eigenvalue weighted by Crippen LogP contribution is 2.24. The molecule has 0 aliphatic rings. The molecular formula is C10H15NO2. The number of hydrogen-bond acceptors (Lipinski definition) is 3. The molecule has 13 heavy (non-hydrogen) atoms. The fraction of sp³-hybridized carbons (Fsp3) is 0.400. The molecule has 3 heteroatoms. The van der Waals surface area contributed by atoms with Gasteiger partial charge in [0, 0.05) is 0 Å². The summed E-state index contributed by atoms with van der Waals surface area (Å²) in [4.78, 5) is 0. The molecule has 0 saturated heterocycles. The summed E-state index contributed by atoms with van der Waals surface area (Å²) in [7, 11) is 0. The first-order chi connectivity index (χ1) is 6.08. The number of aliphatic hydroxyl groups excluding tert-OH is 1. The number of nitrogens with one attached hydrogen (secondary N) is 1. The number of rotatable bonds is 3. The van der Waals surface area contributed by atoms with Crippen molar-refractivity contribution in [1.82, 2.24) is 5.48 Å². The fourth-order valence-electron chi connectivity index (χ4n) is 1.11. The van der Waals surface area contributed by atoms with Gasteiger partial charge in [-0.1, -0.05) is 30.3 Å². The van der Waals surface area contributed by atoms with Gasteiger partial charge in [-0.3, -0.25) is 0 Å². The zero-order chi connectivity index (χ0) is 9.90. The van der Waals surface area contributed by atoms with Crippen molar-refractivity contribution in [2.45, 2.75) is 25.5 Å². The van der Waals surface area contributed by atoms with Gasteiger partial charge >= 0.3 is 0 Å². The Hall–Kier alpha value is -0.900.